The number of rotatable bonds is 3. The quantitative estimate of drug-likeness (QED) is 0.796. The molecule has 0 aliphatic carbocycles. The average molecular weight is 318 g/mol. The summed E-state index contributed by atoms with van der Waals surface area (Å²) < 4.78 is 2.07. The van der Waals surface area contributed by atoms with Gasteiger partial charge in [0, 0.05) is 30.4 Å². The molecule has 122 valence electrons. The topological polar surface area (TPSA) is 42.7 Å². The molecule has 4 heteroatoms. The minimum Gasteiger partial charge on any atom is -0.370 e. The third-order valence-electron chi connectivity index (χ3n) is 4.57. The normalized spacial score (nSPS) is 13.9. The van der Waals surface area contributed by atoms with Crippen LogP contribution in [0.4, 0.5) is 5.82 Å². The fourth-order valence-electron chi connectivity index (χ4n) is 3.26. The van der Waals surface area contributed by atoms with Gasteiger partial charge in [0.15, 0.2) is 0 Å². The molecule has 0 spiro atoms. The van der Waals surface area contributed by atoms with Crippen LogP contribution in [-0.2, 0) is 12.8 Å². The first-order valence-electron chi connectivity index (χ1n) is 8.63. The number of nitrogens with zero attached hydrogens (tertiary/aromatic N) is 3. The van der Waals surface area contributed by atoms with Crippen molar-refractivity contribution in [3.8, 4) is 5.69 Å². The zero-order chi connectivity index (χ0) is 16.4. The maximum Gasteiger partial charge on any atom is 0.133 e. The molecule has 4 rings (SSSR count). The average Bonchev–Trinajstić information content (AvgIpc) is 2.79. The van der Waals surface area contributed by atoms with E-state index in [9.17, 15) is 0 Å². The second-order valence-electron chi connectivity index (χ2n) is 6.40. The van der Waals surface area contributed by atoms with E-state index < -0.39 is 0 Å². The summed E-state index contributed by atoms with van der Waals surface area (Å²) in [6.45, 7) is 3.12. The first-order valence-corrected chi connectivity index (χ1v) is 8.63. The second-order valence-corrected chi connectivity index (χ2v) is 6.40. The summed E-state index contributed by atoms with van der Waals surface area (Å²) in [5.74, 6) is 1.15. The van der Waals surface area contributed by atoms with Crippen molar-refractivity contribution in [1.82, 2.24) is 14.8 Å². The molecule has 0 unspecified atom stereocenters. The number of aromatic nitrogens is 3. The highest BCUT2D eigenvalue weighted by Crippen LogP contribution is 2.29. The highest BCUT2D eigenvalue weighted by molar-refractivity contribution is 5.55. The molecule has 1 aliphatic rings. The lowest BCUT2D eigenvalue weighted by molar-refractivity contribution is 0.766. The van der Waals surface area contributed by atoms with Gasteiger partial charge in [-0.3, -0.25) is 4.98 Å². The summed E-state index contributed by atoms with van der Waals surface area (Å²) in [6, 6.07) is 14.6. The van der Waals surface area contributed by atoms with Crippen molar-refractivity contribution in [3.05, 3.63) is 71.2 Å². The number of hydrogen-bond acceptors (Lipinski definition) is 3. The van der Waals surface area contributed by atoms with E-state index in [1.165, 1.54) is 24.0 Å². The molecule has 1 aliphatic heterocycles. The molecule has 24 heavy (non-hydrogen) atoms. The summed E-state index contributed by atoms with van der Waals surface area (Å²) in [6.07, 6.45) is 6.11. The Kier molecular flexibility index (Phi) is 4.03. The van der Waals surface area contributed by atoms with E-state index in [1.807, 2.05) is 18.3 Å². The van der Waals surface area contributed by atoms with Crippen molar-refractivity contribution >= 4 is 5.82 Å². The van der Waals surface area contributed by atoms with Crippen LogP contribution in [0.1, 0.15) is 35.4 Å². The third-order valence-corrected chi connectivity index (χ3v) is 4.57. The van der Waals surface area contributed by atoms with Crippen molar-refractivity contribution < 1.29 is 0 Å². The van der Waals surface area contributed by atoms with Crippen LogP contribution >= 0.6 is 0 Å². The summed E-state index contributed by atoms with van der Waals surface area (Å²) in [4.78, 5) is 4.47. The minimum atomic E-state index is 0.781. The van der Waals surface area contributed by atoms with Gasteiger partial charge in [0.25, 0.3) is 0 Å². The van der Waals surface area contributed by atoms with E-state index in [-0.39, 0.29) is 0 Å². The van der Waals surface area contributed by atoms with E-state index >= 15 is 0 Å². The van der Waals surface area contributed by atoms with E-state index in [1.54, 1.807) is 0 Å². The molecular weight excluding hydrogens is 296 g/mol. The number of hydrogen-bond donors (Lipinski definition) is 1. The zero-order valence-corrected chi connectivity index (χ0v) is 14.0. The van der Waals surface area contributed by atoms with Gasteiger partial charge in [0.05, 0.1) is 11.4 Å². The van der Waals surface area contributed by atoms with Gasteiger partial charge >= 0.3 is 0 Å². The predicted octanol–water partition coefficient (Wildman–Crippen LogP) is 3.91. The lowest BCUT2D eigenvalue weighted by atomic mass is 10.1. The molecule has 3 aromatic rings. The second kappa shape index (κ2) is 6.48. The minimum absolute atomic E-state index is 0.781. The number of fused-ring (bicyclic) bond motifs is 1. The van der Waals surface area contributed by atoms with Crippen LogP contribution in [0, 0.1) is 6.92 Å². The van der Waals surface area contributed by atoms with Crippen molar-refractivity contribution in [1.29, 1.82) is 0 Å². The Bertz CT molecular complexity index is 819. The molecule has 2 aromatic heterocycles. The van der Waals surface area contributed by atoms with Crippen molar-refractivity contribution in [3.63, 3.8) is 0 Å². The molecule has 0 fully saturated rings. The van der Waals surface area contributed by atoms with Gasteiger partial charge in [0.2, 0.25) is 0 Å². The Hall–Kier alpha value is -2.62. The number of pyridine rings is 1. The van der Waals surface area contributed by atoms with Gasteiger partial charge in [0.1, 0.15) is 5.82 Å². The number of anilines is 1. The maximum absolute atomic E-state index is 4.94. The standard InChI is InChI=1S/C20H22N4/c1-15-8-10-17(11-9-15)24-20-18(7-3-5-13-22-20)19(23-24)14-16-6-2-4-12-21-16/h2,4,6,8-12,22H,3,5,7,13-14H2,1H3. The fourth-order valence-corrected chi connectivity index (χ4v) is 3.26. The van der Waals surface area contributed by atoms with E-state index in [4.69, 9.17) is 5.10 Å². The van der Waals surface area contributed by atoms with Crippen LogP contribution in [0.5, 0.6) is 0 Å². The highest BCUT2D eigenvalue weighted by Gasteiger charge is 2.20. The lowest BCUT2D eigenvalue weighted by Gasteiger charge is -2.09. The monoisotopic (exact) mass is 318 g/mol. The molecule has 0 amide bonds. The van der Waals surface area contributed by atoms with Crippen LogP contribution in [0.3, 0.4) is 0 Å². The molecule has 3 heterocycles. The first-order chi connectivity index (χ1) is 11.8. The Morgan fingerprint density at radius 3 is 2.75 bits per heavy atom. The highest BCUT2D eigenvalue weighted by atomic mass is 15.3. The largest absolute Gasteiger partial charge is 0.370 e. The Morgan fingerprint density at radius 1 is 1.08 bits per heavy atom. The summed E-state index contributed by atoms with van der Waals surface area (Å²) in [7, 11) is 0. The SMILES string of the molecule is Cc1ccc(-n2nc(Cc3ccccn3)c3c2NCCCC3)cc1. The van der Waals surface area contributed by atoms with E-state index in [2.05, 4.69) is 52.2 Å². The molecule has 0 radical (unpaired) electrons. The predicted molar refractivity (Wildman–Crippen MR) is 96.8 cm³/mol. The molecule has 0 atom stereocenters. The Labute approximate surface area is 142 Å². The fraction of sp³-hybridized carbons (Fsp3) is 0.300. The van der Waals surface area contributed by atoms with Crippen LogP contribution in [0.15, 0.2) is 48.7 Å². The zero-order valence-electron chi connectivity index (χ0n) is 14.0. The molecule has 1 N–H and O–H groups in total. The van der Waals surface area contributed by atoms with E-state index in [0.717, 1.165) is 42.3 Å². The smallest absolute Gasteiger partial charge is 0.133 e. The van der Waals surface area contributed by atoms with E-state index in [0.29, 0.717) is 0 Å². The molecule has 1 aromatic carbocycles. The number of nitrogens with one attached hydrogen (secondary N) is 1. The lowest BCUT2D eigenvalue weighted by Crippen LogP contribution is -2.07. The van der Waals surface area contributed by atoms with Gasteiger partial charge in [-0.1, -0.05) is 23.8 Å². The van der Waals surface area contributed by atoms with Crippen LogP contribution < -0.4 is 5.32 Å². The Morgan fingerprint density at radius 2 is 1.96 bits per heavy atom. The van der Waals surface area contributed by atoms with Gasteiger partial charge in [-0.2, -0.15) is 5.10 Å². The van der Waals surface area contributed by atoms with Gasteiger partial charge in [-0.25, -0.2) is 4.68 Å². The van der Waals surface area contributed by atoms with Crippen LogP contribution in [0.2, 0.25) is 0 Å². The molecule has 0 bridgehead atoms. The Balaban J connectivity index is 1.78. The van der Waals surface area contributed by atoms with Crippen molar-refractivity contribution in [2.75, 3.05) is 11.9 Å². The van der Waals surface area contributed by atoms with Gasteiger partial charge in [-0.15, -0.1) is 0 Å². The van der Waals surface area contributed by atoms with Crippen molar-refractivity contribution in [2.24, 2.45) is 0 Å². The summed E-state index contributed by atoms with van der Waals surface area (Å²) in [5.41, 5.74) is 5.92. The summed E-state index contributed by atoms with van der Waals surface area (Å²) >= 11 is 0. The maximum atomic E-state index is 4.94. The number of aryl methyl sites for hydroxylation is 1. The molecule has 0 saturated heterocycles. The van der Waals surface area contributed by atoms with Crippen molar-refractivity contribution in [2.45, 2.75) is 32.6 Å². The molecule has 0 saturated carbocycles. The van der Waals surface area contributed by atoms with Gasteiger partial charge in [-0.05, 0) is 50.5 Å². The summed E-state index contributed by atoms with van der Waals surface area (Å²) in [5, 5.41) is 8.54. The van der Waals surface area contributed by atoms with Crippen LogP contribution in [0.25, 0.3) is 5.69 Å². The molecule has 4 nitrogen and oxygen atoms in total. The van der Waals surface area contributed by atoms with Gasteiger partial charge < -0.3 is 5.32 Å². The molecular formula is C20H22N4. The number of benzene rings is 1. The first kappa shape index (κ1) is 14.9. The van der Waals surface area contributed by atoms with Crippen LogP contribution in [-0.4, -0.2) is 21.3 Å². The third kappa shape index (κ3) is 2.92.